The van der Waals surface area contributed by atoms with Gasteiger partial charge in [-0.05, 0) is 12.5 Å². The van der Waals surface area contributed by atoms with Gasteiger partial charge in [-0.15, -0.1) is 5.10 Å². The fraction of sp³-hybridized carbons (Fsp3) is 0.368. The maximum atomic E-state index is 13.4. The molecule has 0 N–H and O–H groups in total. The number of methoxy groups -OCH3 is 1. The zero-order chi connectivity index (χ0) is 18.4. The van der Waals surface area contributed by atoms with Crippen LogP contribution in [0.15, 0.2) is 36.5 Å². The molecule has 2 aromatic heterocycles. The fourth-order valence-electron chi connectivity index (χ4n) is 3.97. The van der Waals surface area contributed by atoms with E-state index in [1.54, 1.807) is 19.4 Å². The fourth-order valence-corrected chi connectivity index (χ4v) is 3.97. The molecule has 0 bridgehead atoms. The topological polar surface area (TPSA) is 82.4 Å². The van der Waals surface area contributed by atoms with E-state index in [4.69, 9.17) is 9.47 Å². The van der Waals surface area contributed by atoms with E-state index in [9.17, 15) is 4.79 Å². The number of hydrogen-bond acceptors (Lipinski definition) is 6. The number of hydrogen-bond donors (Lipinski definition) is 0. The Bertz CT molecular complexity index is 1020. The summed E-state index contributed by atoms with van der Waals surface area (Å²) in [7, 11) is 1.56. The Labute approximate surface area is 155 Å². The van der Waals surface area contributed by atoms with Crippen LogP contribution in [0, 0.1) is 0 Å². The van der Waals surface area contributed by atoms with Gasteiger partial charge in [-0.1, -0.05) is 23.4 Å². The Morgan fingerprint density at radius 2 is 2.22 bits per heavy atom. The zero-order valence-electron chi connectivity index (χ0n) is 14.9. The minimum atomic E-state index is -0.0300. The van der Waals surface area contributed by atoms with Gasteiger partial charge in [0.2, 0.25) is 5.88 Å². The van der Waals surface area contributed by atoms with Crippen molar-refractivity contribution in [3.8, 4) is 5.88 Å². The van der Waals surface area contributed by atoms with Crippen LogP contribution in [0.5, 0.6) is 5.88 Å². The molecular weight excluding hydrogens is 346 g/mol. The van der Waals surface area contributed by atoms with Crippen LogP contribution in [-0.4, -0.2) is 57.1 Å². The highest BCUT2D eigenvalue weighted by Crippen LogP contribution is 2.32. The Balaban J connectivity index is 1.50. The van der Waals surface area contributed by atoms with Gasteiger partial charge in [0.05, 0.1) is 48.8 Å². The number of rotatable bonds is 2. The third kappa shape index (κ3) is 2.64. The van der Waals surface area contributed by atoms with Gasteiger partial charge in [0.15, 0.2) is 0 Å². The molecule has 0 radical (unpaired) electrons. The number of nitrogens with zero attached hydrogens (tertiary/aromatic N) is 5. The van der Waals surface area contributed by atoms with Crippen LogP contribution in [0.3, 0.4) is 0 Å². The summed E-state index contributed by atoms with van der Waals surface area (Å²) in [5.41, 5.74) is 2.29. The lowest BCUT2D eigenvalue weighted by Crippen LogP contribution is -2.49. The summed E-state index contributed by atoms with van der Waals surface area (Å²) in [6.07, 6.45) is 2.56. The molecular formula is C19H19N5O3. The maximum absolute atomic E-state index is 13.4. The lowest BCUT2D eigenvalue weighted by molar-refractivity contribution is -0.0604. The standard InChI is InChI=1S/C19H19N5O3/c1-26-18-8-14(13-4-2-3-5-15(13)21-18)19(25)23-7-6-17-16(10-23)24-12(11-27-17)9-20-22-24/h2-5,8-9,16-17H,6-7,10-11H2,1H3/t16-,17-/m0/s1. The van der Waals surface area contributed by atoms with Crippen LogP contribution in [0.4, 0.5) is 0 Å². The second kappa shape index (κ2) is 6.31. The second-order valence-electron chi connectivity index (χ2n) is 6.86. The molecule has 1 fully saturated rings. The van der Waals surface area contributed by atoms with Crippen molar-refractivity contribution in [1.82, 2.24) is 24.9 Å². The van der Waals surface area contributed by atoms with Gasteiger partial charge in [-0.25, -0.2) is 9.67 Å². The van der Waals surface area contributed by atoms with Gasteiger partial charge < -0.3 is 14.4 Å². The van der Waals surface area contributed by atoms with Gasteiger partial charge in [-0.2, -0.15) is 0 Å². The molecule has 2 atom stereocenters. The highest BCUT2D eigenvalue weighted by Gasteiger charge is 2.38. The van der Waals surface area contributed by atoms with Gasteiger partial charge in [-0.3, -0.25) is 4.79 Å². The number of amides is 1. The van der Waals surface area contributed by atoms with Crippen molar-refractivity contribution in [1.29, 1.82) is 0 Å². The number of benzene rings is 1. The highest BCUT2D eigenvalue weighted by atomic mass is 16.5. The summed E-state index contributed by atoms with van der Waals surface area (Å²) in [5.74, 6) is 0.407. The van der Waals surface area contributed by atoms with Crippen LogP contribution >= 0.6 is 0 Å². The smallest absolute Gasteiger partial charge is 0.254 e. The number of piperidine rings is 1. The number of pyridine rings is 1. The maximum Gasteiger partial charge on any atom is 0.254 e. The molecule has 1 saturated heterocycles. The Hall–Kier alpha value is -3.00. The average molecular weight is 365 g/mol. The van der Waals surface area contributed by atoms with E-state index < -0.39 is 0 Å². The van der Waals surface area contributed by atoms with Crippen molar-refractivity contribution in [3.63, 3.8) is 0 Å². The summed E-state index contributed by atoms with van der Waals surface area (Å²) in [4.78, 5) is 19.7. The lowest BCUT2D eigenvalue weighted by Gasteiger charge is -2.41. The number of carbonyl (C=O) groups is 1. The number of likely N-dealkylation sites (tertiary alicyclic amines) is 1. The SMILES string of the molecule is COc1cc(C(=O)N2CC[C@@H]3OCc4cnnn4[C@H]3C2)c2ccccc2n1. The molecule has 1 amide bonds. The van der Waals surface area contributed by atoms with Gasteiger partial charge in [0, 0.05) is 24.5 Å². The van der Waals surface area contributed by atoms with Crippen molar-refractivity contribution < 1.29 is 14.3 Å². The number of para-hydroxylation sites is 1. The molecule has 2 aliphatic rings. The van der Waals surface area contributed by atoms with Crippen LogP contribution in [0.25, 0.3) is 10.9 Å². The van der Waals surface area contributed by atoms with Crippen molar-refractivity contribution in [3.05, 3.63) is 47.8 Å². The average Bonchev–Trinajstić information content (AvgIpc) is 3.21. The quantitative estimate of drug-likeness (QED) is 0.689. The van der Waals surface area contributed by atoms with Gasteiger partial charge >= 0.3 is 0 Å². The molecule has 2 aliphatic heterocycles. The highest BCUT2D eigenvalue weighted by molar-refractivity contribution is 6.06. The van der Waals surface area contributed by atoms with E-state index in [1.165, 1.54) is 0 Å². The first-order valence-electron chi connectivity index (χ1n) is 8.98. The zero-order valence-corrected chi connectivity index (χ0v) is 14.9. The molecule has 0 unspecified atom stereocenters. The summed E-state index contributed by atoms with van der Waals surface area (Å²) in [5, 5.41) is 9.02. The van der Waals surface area contributed by atoms with E-state index in [2.05, 4.69) is 15.3 Å². The molecule has 4 heterocycles. The molecule has 0 saturated carbocycles. The molecule has 8 heteroatoms. The van der Waals surface area contributed by atoms with E-state index >= 15 is 0 Å². The van der Waals surface area contributed by atoms with Crippen LogP contribution in [-0.2, 0) is 11.3 Å². The lowest BCUT2D eigenvalue weighted by atomic mass is 9.99. The van der Waals surface area contributed by atoms with Crippen LogP contribution in [0.2, 0.25) is 0 Å². The molecule has 0 aliphatic carbocycles. The molecule has 5 rings (SSSR count). The second-order valence-corrected chi connectivity index (χ2v) is 6.86. The Kier molecular flexibility index (Phi) is 3.78. The van der Waals surface area contributed by atoms with Gasteiger partial charge in [0.1, 0.15) is 0 Å². The summed E-state index contributed by atoms with van der Waals surface area (Å²) >= 11 is 0. The number of aromatic nitrogens is 4. The number of ether oxygens (including phenoxy) is 2. The van der Waals surface area contributed by atoms with Crippen molar-refractivity contribution in [2.24, 2.45) is 0 Å². The molecule has 3 aromatic rings. The number of fused-ring (bicyclic) bond motifs is 4. The van der Waals surface area contributed by atoms with E-state index in [1.807, 2.05) is 33.8 Å². The van der Waals surface area contributed by atoms with E-state index in [0.717, 1.165) is 23.0 Å². The summed E-state index contributed by atoms with van der Waals surface area (Å²) < 4.78 is 13.1. The van der Waals surface area contributed by atoms with Crippen LogP contribution < -0.4 is 4.74 Å². The Morgan fingerprint density at radius 3 is 3.11 bits per heavy atom. The van der Waals surface area contributed by atoms with Crippen LogP contribution in [0.1, 0.15) is 28.5 Å². The summed E-state index contributed by atoms with van der Waals surface area (Å²) in [6.45, 7) is 1.70. The number of carbonyl (C=O) groups excluding carboxylic acids is 1. The normalized spacial score (nSPS) is 21.6. The van der Waals surface area contributed by atoms with E-state index in [0.29, 0.717) is 31.1 Å². The first kappa shape index (κ1) is 16.2. The van der Waals surface area contributed by atoms with Crippen molar-refractivity contribution in [2.45, 2.75) is 25.2 Å². The summed E-state index contributed by atoms with van der Waals surface area (Å²) in [6, 6.07) is 9.33. The third-order valence-corrected chi connectivity index (χ3v) is 5.35. The molecule has 8 nitrogen and oxygen atoms in total. The first-order chi connectivity index (χ1) is 13.2. The third-order valence-electron chi connectivity index (χ3n) is 5.35. The first-order valence-corrected chi connectivity index (χ1v) is 8.98. The van der Waals surface area contributed by atoms with Crippen molar-refractivity contribution in [2.75, 3.05) is 20.2 Å². The van der Waals surface area contributed by atoms with E-state index in [-0.39, 0.29) is 18.1 Å². The van der Waals surface area contributed by atoms with Crippen molar-refractivity contribution >= 4 is 16.8 Å². The predicted molar refractivity (Wildman–Crippen MR) is 96.5 cm³/mol. The molecule has 1 aromatic carbocycles. The van der Waals surface area contributed by atoms with Gasteiger partial charge in [0.25, 0.3) is 5.91 Å². The molecule has 27 heavy (non-hydrogen) atoms. The largest absolute Gasteiger partial charge is 0.481 e. The monoisotopic (exact) mass is 365 g/mol. The molecule has 0 spiro atoms. The minimum absolute atomic E-state index is 0.0102. The minimum Gasteiger partial charge on any atom is -0.481 e. The Morgan fingerprint density at radius 1 is 1.33 bits per heavy atom. The molecule has 138 valence electrons. The predicted octanol–water partition coefficient (Wildman–Crippen LogP) is 1.82.